The van der Waals surface area contributed by atoms with Crippen LogP contribution in [0.25, 0.3) is 0 Å². The highest BCUT2D eigenvalue weighted by atomic mass is 16.4. The third kappa shape index (κ3) is 3.56. The second-order valence-corrected chi connectivity index (χ2v) is 5.79. The van der Waals surface area contributed by atoms with Gasteiger partial charge in [-0.1, -0.05) is 26.2 Å². The molecule has 5 nitrogen and oxygen atoms in total. The van der Waals surface area contributed by atoms with Crippen LogP contribution in [0, 0.1) is 5.41 Å². The highest BCUT2D eigenvalue weighted by Gasteiger charge is 2.27. The zero-order chi connectivity index (χ0) is 14.6. The molecular formula is C15H20N2O3. The first kappa shape index (κ1) is 14.5. The summed E-state index contributed by atoms with van der Waals surface area (Å²) in [6.07, 6.45) is 7.20. The van der Waals surface area contributed by atoms with Crippen LogP contribution in [-0.2, 0) is 0 Å². The summed E-state index contributed by atoms with van der Waals surface area (Å²) in [5.41, 5.74) is 0.518. The summed E-state index contributed by atoms with van der Waals surface area (Å²) in [7, 11) is 0. The molecule has 1 fully saturated rings. The number of hydrogen-bond acceptors (Lipinski definition) is 3. The first-order valence-electron chi connectivity index (χ1n) is 6.98. The molecule has 5 heteroatoms. The largest absolute Gasteiger partial charge is 0.478 e. The predicted molar refractivity (Wildman–Crippen MR) is 74.7 cm³/mol. The number of carbonyl (C=O) groups is 2. The van der Waals surface area contributed by atoms with Crippen molar-refractivity contribution in [3.05, 3.63) is 29.6 Å². The Labute approximate surface area is 118 Å². The third-order valence-electron chi connectivity index (χ3n) is 3.98. The Morgan fingerprint density at radius 3 is 2.55 bits per heavy atom. The zero-order valence-electron chi connectivity index (χ0n) is 11.7. The van der Waals surface area contributed by atoms with Gasteiger partial charge >= 0.3 is 5.97 Å². The SMILES string of the molecule is CC1(CNC(=O)c2ccc(C(=O)O)cn2)CCCCC1. The van der Waals surface area contributed by atoms with E-state index in [9.17, 15) is 9.59 Å². The summed E-state index contributed by atoms with van der Waals surface area (Å²) in [4.78, 5) is 26.6. The number of hydrogen-bond donors (Lipinski definition) is 2. The van der Waals surface area contributed by atoms with Crippen molar-refractivity contribution < 1.29 is 14.7 Å². The predicted octanol–water partition coefficient (Wildman–Crippen LogP) is 2.48. The maximum absolute atomic E-state index is 12.0. The van der Waals surface area contributed by atoms with E-state index in [0.29, 0.717) is 6.54 Å². The van der Waals surface area contributed by atoms with E-state index in [4.69, 9.17) is 5.11 Å². The average molecular weight is 276 g/mol. The fourth-order valence-electron chi connectivity index (χ4n) is 2.62. The monoisotopic (exact) mass is 276 g/mol. The Bertz CT molecular complexity index is 490. The van der Waals surface area contributed by atoms with Crippen molar-refractivity contribution in [2.75, 3.05) is 6.54 Å². The molecule has 0 radical (unpaired) electrons. The second kappa shape index (κ2) is 6.03. The molecule has 0 spiro atoms. The van der Waals surface area contributed by atoms with Gasteiger partial charge in [0.1, 0.15) is 5.69 Å². The Hall–Kier alpha value is -1.91. The number of carbonyl (C=O) groups excluding carboxylic acids is 1. The minimum Gasteiger partial charge on any atom is -0.478 e. The average Bonchev–Trinajstić information content (AvgIpc) is 2.46. The van der Waals surface area contributed by atoms with Gasteiger partial charge in [-0.05, 0) is 30.4 Å². The lowest BCUT2D eigenvalue weighted by Gasteiger charge is -2.33. The van der Waals surface area contributed by atoms with E-state index in [-0.39, 0.29) is 22.6 Å². The van der Waals surface area contributed by atoms with Crippen LogP contribution < -0.4 is 5.32 Å². The van der Waals surface area contributed by atoms with Crippen molar-refractivity contribution >= 4 is 11.9 Å². The van der Waals surface area contributed by atoms with Gasteiger partial charge in [0, 0.05) is 12.7 Å². The van der Waals surface area contributed by atoms with Gasteiger partial charge in [-0.15, -0.1) is 0 Å². The number of rotatable bonds is 4. The highest BCUT2D eigenvalue weighted by Crippen LogP contribution is 2.34. The van der Waals surface area contributed by atoms with Crippen LogP contribution in [0.3, 0.4) is 0 Å². The van der Waals surface area contributed by atoms with Crippen LogP contribution >= 0.6 is 0 Å². The summed E-state index contributed by atoms with van der Waals surface area (Å²) in [6, 6.07) is 2.84. The molecule has 0 saturated heterocycles. The van der Waals surface area contributed by atoms with Crippen molar-refractivity contribution in [1.29, 1.82) is 0 Å². The number of carboxylic acid groups (broad SMARTS) is 1. The van der Waals surface area contributed by atoms with E-state index in [0.717, 1.165) is 12.8 Å². The van der Waals surface area contributed by atoms with Crippen LogP contribution in [0.2, 0.25) is 0 Å². The smallest absolute Gasteiger partial charge is 0.337 e. The van der Waals surface area contributed by atoms with E-state index in [1.807, 2.05) is 0 Å². The Morgan fingerprint density at radius 2 is 2.00 bits per heavy atom. The molecule has 1 saturated carbocycles. The zero-order valence-corrected chi connectivity index (χ0v) is 11.7. The summed E-state index contributed by atoms with van der Waals surface area (Å²) < 4.78 is 0. The van der Waals surface area contributed by atoms with Gasteiger partial charge < -0.3 is 10.4 Å². The highest BCUT2D eigenvalue weighted by molar-refractivity contribution is 5.93. The molecule has 1 aromatic heterocycles. The summed E-state index contributed by atoms with van der Waals surface area (Å²) in [5, 5.41) is 11.7. The number of aromatic carboxylic acids is 1. The molecular weight excluding hydrogens is 256 g/mol. The lowest BCUT2D eigenvalue weighted by molar-refractivity contribution is 0.0695. The maximum Gasteiger partial charge on any atom is 0.337 e. The van der Waals surface area contributed by atoms with Gasteiger partial charge in [0.25, 0.3) is 5.91 Å². The molecule has 20 heavy (non-hydrogen) atoms. The summed E-state index contributed by atoms with van der Waals surface area (Å²) in [5.74, 6) is -1.28. The van der Waals surface area contributed by atoms with E-state index >= 15 is 0 Å². The number of nitrogens with zero attached hydrogens (tertiary/aromatic N) is 1. The Morgan fingerprint density at radius 1 is 1.30 bits per heavy atom. The number of amides is 1. The molecule has 2 N–H and O–H groups in total. The molecule has 0 aromatic carbocycles. The molecule has 1 aliphatic rings. The number of aromatic nitrogens is 1. The molecule has 1 aromatic rings. The van der Waals surface area contributed by atoms with Gasteiger partial charge in [0.05, 0.1) is 5.56 Å². The van der Waals surface area contributed by atoms with Gasteiger partial charge in [-0.3, -0.25) is 9.78 Å². The second-order valence-electron chi connectivity index (χ2n) is 5.79. The summed E-state index contributed by atoms with van der Waals surface area (Å²) in [6.45, 7) is 2.85. The third-order valence-corrected chi connectivity index (χ3v) is 3.98. The van der Waals surface area contributed by atoms with Crippen LogP contribution in [0.5, 0.6) is 0 Å². The number of nitrogens with one attached hydrogen (secondary N) is 1. The normalized spacial score (nSPS) is 17.4. The quantitative estimate of drug-likeness (QED) is 0.885. The van der Waals surface area contributed by atoms with Crippen molar-refractivity contribution in [1.82, 2.24) is 10.3 Å². The first-order valence-corrected chi connectivity index (χ1v) is 6.98. The van der Waals surface area contributed by atoms with Crippen LogP contribution in [0.1, 0.15) is 59.9 Å². The maximum atomic E-state index is 12.0. The molecule has 1 aliphatic carbocycles. The fourth-order valence-corrected chi connectivity index (χ4v) is 2.62. The minimum atomic E-state index is -1.04. The van der Waals surface area contributed by atoms with E-state index in [1.165, 1.54) is 37.6 Å². The first-order chi connectivity index (χ1) is 9.50. The van der Waals surface area contributed by atoms with Gasteiger partial charge in [-0.25, -0.2) is 4.79 Å². The molecule has 1 amide bonds. The standard InChI is InChI=1S/C15H20N2O3/c1-15(7-3-2-4-8-15)10-17-13(18)12-6-5-11(9-16-12)14(19)20/h5-6,9H,2-4,7-8,10H2,1H3,(H,17,18)(H,19,20). The van der Waals surface area contributed by atoms with Crippen LogP contribution in [0.4, 0.5) is 0 Å². The summed E-state index contributed by atoms with van der Waals surface area (Å²) >= 11 is 0. The minimum absolute atomic E-state index is 0.0841. The molecule has 108 valence electrons. The van der Waals surface area contributed by atoms with Gasteiger partial charge in [0.2, 0.25) is 0 Å². The molecule has 1 heterocycles. The van der Waals surface area contributed by atoms with Crippen molar-refractivity contribution in [3.63, 3.8) is 0 Å². The van der Waals surface area contributed by atoms with Gasteiger partial charge in [0.15, 0.2) is 0 Å². The van der Waals surface area contributed by atoms with Crippen LogP contribution in [0.15, 0.2) is 18.3 Å². The van der Waals surface area contributed by atoms with E-state index in [1.54, 1.807) is 0 Å². The number of pyridine rings is 1. The van der Waals surface area contributed by atoms with Crippen molar-refractivity contribution in [2.24, 2.45) is 5.41 Å². The van der Waals surface area contributed by atoms with E-state index < -0.39 is 5.97 Å². The lowest BCUT2D eigenvalue weighted by Crippen LogP contribution is -2.37. The van der Waals surface area contributed by atoms with Crippen molar-refractivity contribution in [2.45, 2.75) is 39.0 Å². The molecule has 0 unspecified atom stereocenters. The number of carboxylic acids is 1. The van der Waals surface area contributed by atoms with E-state index in [2.05, 4.69) is 17.2 Å². The molecule has 0 atom stereocenters. The van der Waals surface area contributed by atoms with Gasteiger partial charge in [-0.2, -0.15) is 0 Å². The Kier molecular flexibility index (Phi) is 4.37. The van der Waals surface area contributed by atoms with Crippen molar-refractivity contribution in [3.8, 4) is 0 Å². The molecule has 0 aliphatic heterocycles. The Balaban J connectivity index is 1.92. The van der Waals surface area contributed by atoms with Crippen LogP contribution in [-0.4, -0.2) is 28.5 Å². The topological polar surface area (TPSA) is 79.3 Å². The lowest BCUT2D eigenvalue weighted by atomic mass is 9.76. The fraction of sp³-hybridized carbons (Fsp3) is 0.533. The molecule has 2 rings (SSSR count). The molecule has 0 bridgehead atoms.